The molecule has 0 aliphatic rings. The van der Waals surface area contributed by atoms with Crippen LogP contribution in [0.1, 0.15) is 69.8 Å². The Kier molecular flexibility index (Phi) is 17.2. The molecule has 0 bridgehead atoms. The molecule has 0 saturated carbocycles. The van der Waals surface area contributed by atoms with Crippen LogP contribution in [-0.4, -0.2) is 90.6 Å². The second-order valence-corrected chi connectivity index (χ2v) is 16.1. The van der Waals surface area contributed by atoms with E-state index in [9.17, 15) is 34.4 Å². The third-order valence-electron chi connectivity index (χ3n) is 9.38. The van der Waals surface area contributed by atoms with E-state index < -0.39 is 77.0 Å². The number of amides is 4. The van der Waals surface area contributed by atoms with E-state index in [-0.39, 0.29) is 43.9 Å². The van der Waals surface area contributed by atoms with Gasteiger partial charge in [0.2, 0.25) is 11.8 Å². The number of aromatic amines is 1. The molecule has 4 aromatic rings. The van der Waals surface area contributed by atoms with Crippen LogP contribution in [0.25, 0.3) is 0 Å². The van der Waals surface area contributed by atoms with Gasteiger partial charge < -0.3 is 35.9 Å². The Bertz CT molecular complexity index is 2060. The van der Waals surface area contributed by atoms with Gasteiger partial charge in [-0.3, -0.25) is 29.4 Å². The lowest BCUT2D eigenvalue weighted by atomic mass is 9.97. The van der Waals surface area contributed by atoms with Crippen LogP contribution in [-0.2, 0) is 54.5 Å². The highest BCUT2D eigenvalue weighted by molar-refractivity contribution is 6.03. The summed E-state index contributed by atoms with van der Waals surface area (Å²) >= 11 is 0. The molecule has 326 valence electrons. The summed E-state index contributed by atoms with van der Waals surface area (Å²) in [6.45, 7) is 8.42. The molecule has 3 aromatic carbocycles. The maximum atomic E-state index is 15.0. The van der Waals surface area contributed by atoms with Gasteiger partial charge in [-0.1, -0.05) is 86.6 Å². The zero-order chi connectivity index (χ0) is 44.7. The number of nitrogens with two attached hydrogens (primary N) is 1. The number of hydrogen-bond acceptors (Lipinski definition) is 12. The minimum Gasteiger partial charge on any atom is -0.459 e. The predicted molar refractivity (Wildman–Crippen MR) is 224 cm³/mol. The van der Waals surface area contributed by atoms with Crippen molar-refractivity contribution in [1.29, 1.82) is 0 Å². The first kappa shape index (κ1) is 47.2. The first-order valence-electron chi connectivity index (χ1n) is 19.9. The molecule has 17 nitrogen and oxygen atoms in total. The summed E-state index contributed by atoms with van der Waals surface area (Å²) in [6.07, 6.45) is -0.569. The van der Waals surface area contributed by atoms with Crippen LogP contribution >= 0.6 is 0 Å². The van der Waals surface area contributed by atoms with E-state index in [4.69, 9.17) is 15.2 Å². The van der Waals surface area contributed by atoms with Gasteiger partial charge in [-0.2, -0.15) is 0 Å². The number of hydrogen-bond donors (Lipinski definition) is 5. The van der Waals surface area contributed by atoms with Crippen molar-refractivity contribution in [3.05, 3.63) is 130 Å². The quantitative estimate of drug-likeness (QED) is 0.0475. The average molecular weight is 842 g/mol. The monoisotopic (exact) mass is 841 g/mol. The molecule has 0 fully saturated rings. The topological polar surface area (TPSA) is 249 Å². The molecule has 1 heterocycles. The van der Waals surface area contributed by atoms with Crippen LogP contribution in [0.5, 0.6) is 0 Å². The lowest BCUT2D eigenvalue weighted by Gasteiger charge is -2.34. The number of benzene rings is 3. The normalized spacial score (nSPS) is 13.8. The minimum atomic E-state index is -1.55. The van der Waals surface area contributed by atoms with Crippen molar-refractivity contribution in [2.24, 2.45) is 11.7 Å². The molecule has 17 heteroatoms. The summed E-state index contributed by atoms with van der Waals surface area (Å²) in [4.78, 5) is 89.3. The van der Waals surface area contributed by atoms with Crippen molar-refractivity contribution in [3.8, 4) is 0 Å². The van der Waals surface area contributed by atoms with E-state index in [1.54, 1.807) is 95.3 Å². The van der Waals surface area contributed by atoms with E-state index >= 15 is 4.79 Å². The predicted octanol–water partition coefficient (Wildman–Crippen LogP) is 4.32. The number of esters is 1. The number of imidazole rings is 1. The Hall–Kier alpha value is -6.46. The van der Waals surface area contributed by atoms with Crippen molar-refractivity contribution in [3.63, 3.8) is 0 Å². The van der Waals surface area contributed by atoms with E-state index in [1.807, 2.05) is 0 Å². The van der Waals surface area contributed by atoms with Crippen molar-refractivity contribution < 1.29 is 43.5 Å². The molecular formula is C44H55N7O10. The van der Waals surface area contributed by atoms with Crippen LogP contribution in [0.4, 0.5) is 10.5 Å². The number of carbonyl (C=O) groups is 5. The minimum absolute atomic E-state index is 0.00148. The number of nitro benzene ring substituents is 1. The van der Waals surface area contributed by atoms with Gasteiger partial charge in [-0.25, -0.2) is 14.6 Å². The molecular weight excluding hydrogens is 787 g/mol. The molecule has 0 spiro atoms. The number of imide groups is 1. The van der Waals surface area contributed by atoms with Gasteiger partial charge in [0.05, 0.1) is 29.5 Å². The second kappa shape index (κ2) is 22.2. The number of non-ortho nitro benzene ring substituents is 1. The molecule has 4 rings (SSSR count). The van der Waals surface area contributed by atoms with Crippen LogP contribution in [0.15, 0.2) is 97.5 Å². The number of aliphatic hydroxyl groups excluding tert-OH is 1. The summed E-state index contributed by atoms with van der Waals surface area (Å²) < 4.78 is 11.1. The lowest BCUT2D eigenvalue weighted by molar-refractivity contribution is -0.384. The zero-order valence-electron chi connectivity index (χ0n) is 35.0. The first-order valence-corrected chi connectivity index (χ1v) is 19.9. The molecule has 0 radical (unpaired) electrons. The number of nitrogens with one attached hydrogen (secondary N) is 3. The van der Waals surface area contributed by atoms with Crippen molar-refractivity contribution in [1.82, 2.24) is 25.5 Å². The maximum absolute atomic E-state index is 15.0. The maximum Gasteiger partial charge on any atom is 0.408 e. The molecule has 5 atom stereocenters. The Balaban J connectivity index is 1.71. The van der Waals surface area contributed by atoms with Crippen LogP contribution in [0.3, 0.4) is 0 Å². The lowest BCUT2D eigenvalue weighted by Crippen LogP contribution is -2.60. The molecule has 0 saturated heterocycles. The summed E-state index contributed by atoms with van der Waals surface area (Å²) in [6, 6.07) is 17.8. The van der Waals surface area contributed by atoms with E-state index in [1.165, 1.54) is 36.8 Å². The number of nitro groups is 1. The summed E-state index contributed by atoms with van der Waals surface area (Å²) in [5.41, 5.74) is 7.52. The molecule has 0 unspecified atom stereocenters. The largest absolute Gasteiger partial charge is 0.459 e. The van der Waals surface area contributed by atoms with Gasteiger partial charge in [-0.05, 0) is 56.2 Å². The zero-order valence-corrected chi connectivity index (χ0v) is 35.0. The smallest absolute Gasteiger partial charge is 0.408 e. The first-order chi connectivity index (χ1) is 28.9. The number of nitrogens with zero attached hydrogens (tertiary/aromatic N) is 3. The highest BCUT2D eigenvalue weighted by Crippen LogP contribution is 2.21. The molecule has 4 amide bonds. The number of rotatable bonds is 20. The van der Waals surface area contributed by atoms with Gasteiger partial charge >= 0.3 is 12.1 Å². The Morgan fingerprint density at radius 2 is 1.48 bits per heavy atom. The number of aliphatic hydroxyl groups is 1. The number of aromatic nitrogens is 2. The molecule has 1 aromatic heterocycles. The SMILES string of the molecule is CC(C)C[C@@H](C(=O)OCc1ccccc1)N(C(=O)C[C@H](O)[C@@H](N)Cc1ccc([N+](=O)[O-])cc1)C(=O)[C@H](Cc1c[nH]cn1)NC(=O)[C@H](Cc1ccccc1)NC(=O)OC(C)(C)C. The molecule has 61 heavy (non-hydrogen) atoms. The van der Waals surface area contributed by atoms with Crippen LogP contribution in [0.2, 0.25) is 0 Å². The Labute approximate surface area is 354 Å². The second-order valence-electron chi connectivity index (χ2n) is 16.1. The number of ether oxygens (including phenoxy) is 2. The van der Waals surface area contributed by atoms with Crippen molar-refractivity contribution in [2.75, 3.05) is 0 Å². The summed E-state index contributed by atoms with van der Waals surface area (Å²) in [5.74, 6) is -3.95. The van der Waals surface area contributed by atoms with Crippen molar-refractivity contribution in [2.45, 2.75) is 109 Å². The van der Waals surface area contributed by atoms with E-state index in [0.717, 1.165) is 4.90 Å². The standard InChI is InChI=1S/C44H55N7O10/c1-28(2)20-37(42(56)60-26-31-14-10-7-11-15-31)50(39(53)24-38(52)34(45)21-30-16-18-33(19-17-30)51(58)59)41(55)36(23-32-25-46-27-47-32)48-40(54)35(22-29-12-8-6-9-13-29)49-43(57)61-44(3,4)5/h6-19,25,27-28,34-38,52H,20-24,26,45H2,1-5H3,(H,46,47)(H,48,54)(H,49,57)/t34-,35-,36-,37-,38-/m0/s1. The van der Waals surface area contributed by atoms with Gasteiger partial charge in [0, 0.05) is 37.2 Å². The highest BCUT2D eigenvalue weighted by Gasteiger charge is 2.42. The van der Waals surface area contributed by atoms with Gasteiger partial charge in [0.15, 0.2) is 0 Å². The Morgan fingerprint density at radius 1 is 0.869 bits per heavy atom. The number of H-pyrrole nitrogens is 1. The molecule has 0 aliphatic heterocycles. The van der Waals surface area contributed by atoms with Gasteiger partial charge in [0.1, 0.15) is 30.3 Å². The van der Waals surface area contributed by atoms with Crippen LogP contribution in [0, 0.1) is 16.0 Å². The fourth-order valence-electron chi connectivity index (χ4n) is 6.38. The fourth-order valence-corrected chi connectivity index (χ4v) is 6.38. The number of carbonyl (C=O) groups excluding carboxylic acids is 5. The molecule has 0 aliphatic carbocycles. The fraction of sp³-hybridized carbons (Fsp3) is 0.409. The highest BCUT2D eigenvalue weighted by atomic mass is 16.6. The van der Waals surface area contributed by atoms with Gasteiger partial charge in [0.25, 0.3) is 11.6 Å². The van der Waals surface area contributed by atoms with E-state index in [2.05, 4.69) is 20.6 Å². The summed E-state index contributed by atoms with van der Waals surface area (Å²) in [7, 11) is 0. The van der Waals surface area contributed by atoms with E-state index in [0.29, 0.717) is 22.4 Å². The van der Waals surface area contributed by atoms with Crippen LogP contribution < -0.4 is 16.4 Å². The summed E-state index contributed by atoms with van der Waals surface area (Å²) in [5, 5.41) is 27.8. The third-order valence-corrected chi connectivity index (χ3v) is 9.38. The third kappa shape index (κ3) is 15.3. The average Bonchev–Trinajstić information content (AvgIpc) is 3.72. The van der Waals surface area contributed by atoms with Crippen molar-refractivity contribution >= 4 is 35.5 Å². The Morgan fingerprint density at radius 3 is 2.03 bits per heavy atom. The molecule has 6 N–H and O–H groups in total. The number of alkyl carbamates (subject to hydrolysis) is 1. The van der Waals surface area contributed by atoms with Gasteiger partial charge in [-0.15, -0.1) is 0 Å².